The smallest absolute Gasteiger partial charge is 0.180 e. The van der Waals surface area contributed by atoms with Crippen molar-refractivity contribution in [1.82, 2.24) is 34.8 Å². The summed E-state index contributed by atoms with van der Waals surface area (Å²) in [6.45, 7) is 6.26. The van der Waals surface area contributed by atoms with Crippen LogP contribution >= 0.6 is 0 Å². The van der Waals surface area contributed by atoms with Gasteiger partial charge in [0.15, 0.2) is 5.82 Å². The highest BCUT2D eigenvalue weighted by Crippen LogP contribution is 2.18. The minimum absolute atomic E-state index is 0.0453. The first kappa shape index (κ1) is 13.2. The Kier molecular flexibility index (Phi) is 4.03. The summed E-state index contributed by atoms with van der Waals surface area (Å²) in [6, 6.07) is 0. The van der Waals surface area contributed by atoms with Crippen molar-refractivity contribution in [2.75, 3.05) is 26.2 Å². The SMILES string of the molecule is CCc1nc([C@H]2CN(CCn3cncn3)CCO2)n[nH]1. The van der Waals surface area contributed by atoms with Crippen molar-refractivity contribution >= 4 is 0 Å². The molecule has 20 heavy (non-hydrogen) atoms. The Bertz CT molecular complexity index is 524. The van der Waals surface area contributed by atoms with Gasteiger partial charge in [-0.3, -0.25) is 14.7 Å². The molecule has 0 unspecified atom stereocenters. The molecule has 1 aliphatic heterocycles. The zero-order chi connectivity index (χ0) is 13.8. The second kappa shape index (κ2) is 6.10. The number of hydrogen-bond acceptors (Lipinski definition) is 6. The lowest BCUT2D eigenvalue weighted by atomic mass is 10.2. The lowest BCUT2D eigenvalue weighted by molar-refractivity contribution is -0.0352. The molecule has 0 amide bonds. The molecule has 0 bridgehead atoms. The van der Waals surface area contributed by atoms with Crippen molar-refractivity contribution in [3.05, 3.63) is 24.3 Å². The van der Waals surface area contributed by atoms with Crippen molar-refractivity contribution in [2.24, 2.45) is 0 Å². The highest BCUT2D eigenvalue weighted by atomic mass is 16.5. The summed E-state index contributed by atoms with van der Waals surface area (Å²) in [5, 5.41) is 11.3. The topological polar surface area (TPSA) is 84.8 Å². The standard InChI is InChI=1S/C12H19N7O/c1-2-11-15-12(17-16-11)10-7-18(5-6-20-10)3-4-19-9-13-8-14-19/h8-10H,2-7H2,1H3,(H,15,16,17)/t10-/m1/s1. The summed E-state index contributed by atoms with van der Waals surface area (Å²) in [6.07, 6.45) is 4.11. The maximum Gasteiger partial charge on any atom is 0.180 e. The Balaban J connectivity index is 1.55. The number of rotatable bonds is 5. The fourth-order valence-electron chi connectivity index (χ4n) is 2.27. The molecule has 8 nitrogen and oxygen atoms in total. The van der Waals surface area contributed by atoms with Crippen LogP contribution in [0.25, 0.3) is 0 Å². The van der Waals surface area contributed by atoms with E-state index >= 15 is 0 Å². The molecular weight excluding hydrogens is 258 g/mol. The van der Waals surface area contributed by atoms with E-state index in [4.69, 9.17) is 4.74 Å². The van der Waals surface area contributed by atoms with Crippen LogP contribution in [0.1, 0.15) is 24.7 Å². The van der Waals surface area contributed by atoms with Gasteiger partial charge in [-0.25, -0.2) is 9.97 Å². The zero-order valence-corrected chi connectivity index (χ0v) is 11.6. The second-order valence-corrected chi connectivity index (χ2v) is 4.81. The number of nitrogens with zero attached hydrogens (tertiary/aromatic N) is 6. The van der Waals surface area contributed by atoms with E-state index in [2.05, 4.69) is 37.1 Å². The molecule has 108 valence electrons. The second-order valence-electron chi connectivity index (χ2n) is 4.81. The highest BCUT2D eigenvalue weighted by molar-refractivity contribution is 4.96. The number of aromatic amines is 1. The van der Waals surface area contributed by atoms with Crippen molar-refractivity contribution in [1.29, 1.82) is 0 Å². The van der Waals surface area contributed by atoms with Crippen LogP contribution < -0.4 is 0 Å². The van der Waals surface area contributed by atoms with Crippen LogP contribution in [0.15, 0.2) is 12.7 Å². The molecule has 1 saturated heterocycles. The van der Waals surface area contributed by atoms with E-state index in [1.807, 2.05) is 4.68 Å². The minimum Gasteiger partial charge on any atom is -0.367 e. The third-order valence-electron chi connectivity index (χ3n) is 3.43. The number of aromatic nitrogens is 6. The van der Waals surface area contributed by atoms with Gasteiger partial charge >= 0.3 is 0 Å². The van der Waals surface area contributed by atoms with Gasteiger partial charge in [-0.05, 0) is 0 Å². The molecule has 0 saturated carbocycles. The lowest BCUT2D eigenvalue weighted by Gasteiger charge is -2.31. The summed E-state index contributed by atoms with van der Waals surface area (Å²) in [5.74, 6) is 1.66. The first-order valence-corrected chi connectivity index (χ1v) is 6.92. The Morgan fingerprint density at radius 3 is 3.15 bits per heavy atom. The molecule has 0 spiro atoms. The summed E-state index contributed by atoms with van der Waals surface area (Å²) >= 11 is 0. The Morgan fingerprint density at radius 2 is 2.40 bits per heavy atom. The fourth-order valence-corrected chi connectivity index (χ4v) is 2.27. The van der Waals surface area contributed by atoms with Gasteiger partial charge in [-0.1, -0.05) is 6.92 Å². The molecule has 8 heteroatoms. The van der Waals surface area contributed by atoms with Crippen molar-refractivity contribution < 1.29 is 4.74 Å². The van der Waals surface area contributed by atoms with Gasteiger partial charge in [-0.15, -0.1) is 0 Å². The summed E-state index contributed by atoms with van der Waals surface area (Å²) in [4.78, 5) is 10.7. The molecule has 1 atom stereocenters. The average molecular weight is 277 g/mol. The number of morpholine rings is 1. The zero-order valence-electron chi connectivity index (χ0n) is 11.6. The van der Waals surface area contributed by atoms with Crippen molar-refractivity contribution in [3.63, 3.8) is 0 Å². The molecule has 0 radical (unpaired) electrons. The quantitative estimate of drug-likeness (QED) is 0.830. The van der Waals surface area contributed by atoms with E-state index in [1.54, 1.807) is 12.7 Å². The normalized spacial score (nSPS) is 20.4. The Morgan fingerprint density at radius 1 is 1.45 bits per heavy atom. The van der Waals surface area contributed by atoms with Crippen LogP contribution in [-0.4, -0.2) is 61.1 Å². The third-order valence-corrected chi connectivity index (χ3v) is 3.43. The van der Waals surface area contributed by atoms with Gasteiger partial charge in [0, 0.05) is 26.1 Å². The van der Waals surface area contributed by atoms with Gasteiger partial charge in [0.05, 0.1) is 13.2 Å². The van der Waals surface area contributed by atoms with E-state index < -0.39 is 0 Å². The summed E-state index contributed by atoms with van der Waals surface area (Å²) in [7, 11) is 0. The number of H-pyrrole nitrogens is 1. The van der Waals surface area contributed by atoms with Crippen LogP contribution in [0.4, 0.5) is 0 Å². The Hall–Kier alpha value is -1.80. The van der Waals surface area contributed by atoms with Gasteiger partial charge in [0.1, 0.15) is 24.6 Å². The van der Waals surface area contributed by atoms with Crippen LogP contribution in [0.3, 0.4) is 0 Å². The number of hydrogen-bond donors (Lipinski definition) is 1. The molecule has 0 aliphatic carbocycles. The number of ether oxygens (including phenoxy) is 1. The monoisotopic (exact) mass is 277 g/mol. The predicted molar refractivity (Wildman–Crippen MR) is 70.9 cm³/mol. The minimum atomic E-state index is -0.0453. The van der Waals surface area contributed by atoms with Gasteiger partial charge in [-0.2, -0.15) is 10.2 Å². The Labute approximate surface area is 117 Å². The van der Waals surface area contributed by atoms with Gasteiger partial charge < -0.3 is 4.74 Å². The first-order valence-electron chi connectivity index (χ1n) is 6.92. The molecule has 0 aromatic carbocycles. The summed E-state index contributed by atoms with van der Waals surface area (Å²) in [5.41, 5.74) is 0. The molecule has 1 fully saturated rings. The van der Waals surface area contributed by atoms with Gasteiger partial charge in [0.25, 0.3) is 0 Å². The van der Waals surface area contributed by atoms with E-state index in [-0.39, 0.29) is 6.10 Å². The maximum absolute atomic E-state index is 5.77. The largest absolute Gasteiger partial charge is 0.367 e. The molecule has 1 aliphatic rings. The van der Waals surface area contributed by atoms with Crippen LogP contribution in [0.5, 0.6) is 0 Å². The first-order chi connectivity index (χ1) is 9.85. The van der Waals surface area contributed by atoms with Crippen molar-refractivity contribution in [2.45, 2.75) is 26.0 Å². The van der Waals surface area contributed by atoms with E-state index in [1.165, 1.54) is 0 Å². The van der Waals surface area contributed by atoms with E-state index in [0.29, 0.717) is 6.61 Å². The predicted octanol–water partition coefficient (Wildman–Crippen LogP) is 0.0321. The number of nitrogens with one attached hydrogen (secondary N) is 1. The molecule has 1 N–H and O–H groups in total. The molecule has 3 heterocycles. The maximum atomic E-state index is 5.77. The highest BCUT2D eigenvalue weighted by Gasteiger charge is 2.25. The van der Waals surface area contributed by atoms with E-state index in [9.17, 15) is 0 Å². The van der Waals surface area contributed by atoms with Crippen LogP contribution in [0.2, 0.25) is 0 Å². The van der Waals surface area contributed by atoms with Crippen LogP contribution in [0, 0.1) is 0 Å². The average Bonchev–Trinajstić information content (AvgIpc) is 3.16. The van der Waals surface area contributed by atoms with Crippen molar-refractivity contribution in [3.8, 4) is 0 Å². The molecule has 2 aromatic heterocycles. The molecule has 3 rings (SSSR count). The van der Waals surface area contributed by atoms with Crippen LogP contribution in [-0.2, 0) is 17.7 Å². The number of aryl methyl sites for hydroxylation is 1. The fraction of sp³-hybridized carbons (Fsp3) is 0.667. The van der Waals surface area contributed by atoms with Gasteiger partial charge in [0.2, 0.25) is 0 Å². The molecule has 2 aromatic rings. The molecular formula is C12H19N7O. The lowest BCUT2D eigenvalue weighted by Crippen LogP contribution is -2.40. The summed E-state index contributed by atoms with van der Waals surface area (Å²) < 4.78 is 7.61. The van der Waals surface area contributed by atoms with E-state index in [0.717, 1.165) is 44.2 Å². The third kappa shape index (κ3) is 3.02.